The summed E-state index contributed by atoms with van der Waals surface area (Å²) >= 11 is 3.15. The molecule has 0 aromatic heterocycles. The molecule has 1 N–H and O–H groups in total. The minimum atomic E-state index is -1.38. The first-order chi connectivity index (χ1) is 12.2. The van der Waals surface area contributed by atoms with E-state index < -0.39 is 28.2 Å². The van der Waals surface area contributed by atoms with Crippen LogP contribution in [0.5, 0.6) is 0 Å². The Labute approximate surface area is 156 Å². The molecular formula is C17H13BrFN3O4. The summed E-state index contributed by atoms with van der Waals surface area (Å²) in [7, 11) is 0. The first-order valence-corrected chi connectivity index (χ1v) is 8.34. The van der Waals surface area contributed by atoms with Crippen molar-refractivity contribution in [2.24, 2.45) is 0 Å². The first-order valence-electron chi connectivity index (χ1n) is 7.55. The standard InChI is InChI=1S/C17H13BrFN3O4/c1-17(11-3-6-13(7-4-11)22(25)26)15(23)21(16(24)20-17)9-10-2-5-12(18)8-14(10)19/h2-8H,9H2,1H3,(H,20,24)/t17-/m1/s1. The SMILES string of the molecule is C[C@]1(c2ccc([N+](=O)[O-])cc2)NC(=O)N(Cc2ccc(Br)cc2F)C1=O. The van der Waals surface area contributed by atoms with Crippen LogP contribution in [0.2, 0.25) is 0 Å². The molecule has 9 heteroatoms. The molecule has 0 aliphatic carbocycles. The second-order valence-corrected chi connectivity index (χ2v) is 6.90. The molecule has 1 saturated heterocycles. The number of rotatable bonds is 4. The summed E-state index contributed by atoms with van der Waals surface area (Å²) in [5, 5.41) is 13.3. The van der Waals surface area contributed by atoms with E-state index in [1.165, 1.54) is 43.3 Å². The molecule has 3 rings (SSSR count). The summed E-state index contributed by atoms with van der Waals surface area (Å²) in [5.41, 5.74) is -0.897. The summed E-state index contributed by atoms with van der Waals surface area (Å²) in [4.78, 5) is 36.2. The number of hydrogen-bond donors (Lipinski definition) is 1. The molecule has 3 amide bonds. The summed E-state index contributed by atoms with van der Waals surface area (Å²) in [6.07, 6.45) is 0. The van der Waals surface area contributed by atoms with E-state index >= 15 is 0 Å². The topological polar surface area (TPSA) is 92.6 Å². The number of benzene rings is 2. The maximum absolute atomic E-state index is 14.0. The van der Waals surface area contributed by atoms with Crippen molar-refractivity contribution in [2.45, 2.75) is 19.0 Å². The lowest BCUT2D eigenvalue weighted by molar-refractivity contribution is -0.384. The number of nitro groups is 1. The third-order valence-corrected chi connectivity index (χ3v) is 4.77. The number of amides is 3. The number of non-ortho nitro benzene ring substituents is 1. The molecule has 1 aliphatic rings. The van der Waals surface area contributed by atoms with Gasteiger partial charge in [-0.15, -0.1) is 0 Å². The second-order valence-electron chi connectivity index (χ2n) is 5.99. The highest BCUT2D eigenvalue weighted by molar-refractivity contribution is 9.10. The lowest BCUT2D eigenvalue weighted by atomic mass is 9.92. The Kier molecular flexibility index (Phi) is 4.49. The quantitative estimate of drug-likeness (QED) is 0.464. The van der Waals surface area contributed by atoms with Gasteiger partial charge >= 0.3 is 6.03 Å². The maximum atomic E-state index is 14.0. The van der Waals surface area contributed by atoms with Crippen molar-refractivity contribution in [3.05, 3.63) is 74.0 Å². The minimum absolute atomic E-state index is 0.122. The lowest BCUT2D eigenvalue weighted by Gasteiger charge is -2.22. The van der Waals surface area contributed by atoms with Crippen LogP contribution in [0.4, 0.5) is 14.9 Å². The van der Waals surface area contributed by atoms with E-state index in [-0.39, 0.29) is 17.8 Å². The molecule has 7 nitrogen and oxygen atoms in total. The van der Waals surface area contributed by atoms with E-state index in [4.69, 9.17) is 0 Å². The number of halogens is 2. The molecule has 0 unspecified atom stereocenters. The summed E-state index contributed by atoms with van der Waals surface area (Å²) < 4.78 is 14.6. The van der Waals surface area contributed by atoms with Crippen LogP contribution >= 0.6 is 15.9 Å². The lowest BCUT2D eigenvalue weighted by Crippen LogP contribution is -2.40. The molecule has 1 heterocycles. The molecule has 134 valence electrons. The highest BCUT2D eigenvalue weighted by atomic mass is 79.9. The smallest absolute Gasteiger partial charge is 0.319 e. The Morgan fingerprint density at radius 1 is 1.23 bits per heavy atom. The zero-order valence-corrected chi connectivity index (χ0v) is 15.1. The molecule has 2 aromatic rings. The number of nitrogens with one attached hydrogen (secondary N) is 1. The zero-order valence-electron chi connectivity index (χ0n) is 13.5. The number of urea groups is 1. The van der Waals surface area contributed by atoms with Gasteiger partial charge < -0.3 is 5.32 Å². The van der Waals surface area contributed by atoms with Gasteiger partial charge in [0.1, 0.15) is 11.4 Å². The third-order valence-electron chi connectivity index (χ3n) is 4.27. The summed E-state index contributed by atoms with van der Waals surface area (Å²) in [6.45, 7) is 1.29. The van der Waals surface area contributed by atoms with Gasteiger partial charge in [-0.2, -0.15) is 0 Å². The summed E-state index contributed by atoms with van der Waals surface area (Å²) in [6, 6.07) is 9.06. The van der Waals surface area contributed by atoms with Gasteiger partial charge in [-0.3, -0.25) is 19.8 Å². The average Bonchev–Trinajstić information content (AvgIpc) is 2.81. The van der Waals surface area contributed by atoms with E-state index in [0.717, 1.165) is 4.90 Å². The van der Waals surface area contributed by atoms with Crippen LogP contribution in [-0.2, 0) is 16.9 Å². The Bertz CT molecular complexity index is 919. The van der Waals surface area contributed by atoms with Gasteiger partial charge in [0.2, 0.25) is 0 Å². The fourth-order valence-corrected chi connectivity index (χ4v) is 3.11. The van der Waals surface area contributed by atoms with Crippen LogP contribution in [0.3, 0.4) is 0 Å². The fraction of sp³-hybridized carbons (Fsp3) is 0.176. The zero-order chi connectivity index (χ0) is 19.1. The third kappa shape index (κ3) is 3.05. The van der Waals surface area contributed by atoms with Crippen LogP contribution in [0.25, 0.3) is 0 Å². The molecular weight excluding hydrogens is 409 g/mol. The van der Waals surface area contributed by atoms with Gasteiger partial charge in [0.05, 0.1) is 11.5 Å². The van der Waals surface area contributed by atoms with E-state index in [9.17, 15) is 24.1 Å². The van der Waals surface area contributed by atoms with Gasteiger partial charge in [-0.25, -0.2) is 9.18 Å². The van der Waals surface area contributed by atoms with Crippen LogP contribution in [0.15, 0.2) is 46.9 Å². The van der Waals surface area contributed by atoms with Crippen LogP contribution in [0, 0.1) is 15.9 Å². The number of nitrogens with zero attached hydrogens (tertiary/aromatic N) is 2. The minimum Gasteiger partial charge on any atom is -0.319 e. The van der Waals surface area contributed by atoms with Gasteiger partial charge in [0, 0.05) is 22.2 Å². The van der Waals surface area contributed by atoms with Crippen molar-refractivity contribution in [2.75, 3.05) is 0 Å². The normalized spacial score (nSPS) is 19.6. The Balaban J connectivity index is 1.88. The van der Waals surface area contributed by atoms with Crippen molar-refractivity contribution in [1.82, 2.24) is 10.2 Å². The van der Waals surface area contributed by atoms with Gasteiger partial charge in [0.15, 0.2) is 0 Å². The van der Waals surface area contributed by atoms with Crippen LogP contribution < -0.4 is 5.32 Å². The highest BCUT2D eigenvalue weighted by Crippen LogP contribution is 2.31. The van der Waals surface area contributed by atoms with Crippen molar-refractivity contribution in [1.29, 1.82) is 0 Å². The highest BCUT2D eigenvalue weighted by Gasteiger charge is 2.49. The number of nitro benzene ring substituents is 1. The molecule has 0 saturated carbocycles. The Hall–Kier alpha value is -2.81. The van der Waals surface area contributed by atoms with Crippen molar-refractivity contribution >= 4 is 33.6 Å². The molecule has 2 aromatic carbocycles. The number of carbonyl (C=O) groups is 2. The van der Waals surface area contributed by atoms with Crippen molar-refractivity contribution < 1.29 is 18.9 Å². The van der Waals surface area contributed by atoms with Crippen molar-refractivity contribution in [3.63, 3.8) is 0 Å². The Morgan fingerprint density at radius 2 is 1.88 bits per heavy atom. The molecule has 1 aliphatic heterocycles. The van der Waals surface area contributed by atoms with Gasteiger partial charge in [-0.05, 0) is 36.8 Å². The Morgan fingerprint density at radius 3 is 2.46 bits per heavy atom. The predicted octanol–water partition coefficient (Wildman–Crippen LogP) is 3.46. The van der Waals surface area contributed by atoms with Crippen molar-refractivity contribution in [3.8, 4) is 0 Å². The van der Waals surface area contributed by atoms with Crippen LogP contribution in [-0.4, -0.2) is 21.8 Å². The molecule has 26 heavy (non-hydrogen) atoms. The first kappa shape index (κ1) is 18.0. The van der Waals surface area contributed by atoms with E-state index in [1.807, 2.05) is 0 Å². The van der Waals surface area contributed by atoms with E-state index in [2.05, 4.69) is 21.2 Å². The monoisotopic (exact) mass is 421 g/mol. The number of carbonyl (C=O) groups excluding carboxylic acids is 2. The summed E-state index contributed by atoms with van der Waals surface area (Å²) in [5.74, 6) is -1.09. The maximum Gasteiger partial charge on any atom is 0.325 e. The average molecular weight is 422 g/mol. The molecule has 0 spiro atoms. The van der Waals surface area contributed by atoms with Crippen LogP contribution in [0.1, 0.15) is 18.1 Å². The largest absolute Gasteiger partial charge is 0.325 e. The van der Waals surface area contributed by atoms with E-state index in [1.54, 1.807) is 6.07 Å². The van der Waals surface area contributed by atoms with E-state index in [0.29, 0.717) is 10.0 Å². The molecule has 0 bridgehead atoms. The number of hydrogen-bond acceptors (Lipinski definition) is 4. The molecule has 1 fully saturated rings. The predicted molar refractivity (Wildman–Crippen MR) is 93.6 cm³/mol. The number of imide groups is 1. The molecule has 1 atom stereocenters. The second kappa shape index (κ2) is 6.49. The fourth-order valence-electron chi connectivity index (χ4n) is 2.77. The molecule has 0 radical (unpaired) electrons. The van der Waals surface area contributed by atoms with Gasteiger partial charge in [-0.1, -0.05) is 22.0 Å². The van der Waals surface area contributed by atoms with Gasteiger partial charge in [0.25, 0.3) is 11.6 Å².